The highest BCUT2D eigenvalue weighted by Crippen LogP contribution is 2.35. The van der Waals surface area contributed by atoms with Gasteiger partial charge in [-0.05, 0) is 55.5 Å². The van der Waals surface area contributed by atoms with Crippen molar-refractivity contribution in [2.45, 2.75) is 6.92 Å². The Morgan fingerprint density at radius 1 is 0.800 bits per heavy atom. The molecule has 0 N–H and O–H groups in total. The van der Waals surface area contributed by atoms with E-state index in [0.717, 1.165) is 50.2 Å². The summed E-state index contributed by atoms with van der Waals surface area (Å²) in [7, 11) is 3.34. The molecule has 0 spiro atoms. The number of pyridine rings is 1. The maximum Gasteiger partial charge on any atom is 0.119 e. The second-order valence-corrected chi connectivity index (χ2v) is 7.23. The fraction of sp³-hybridized carbons (Fsp3) is 0.120. The molecule has 0 atom stereocenters. The maximum atomic E-state index is 5.43. The molecule has 0 fully saturated rings. The molecule has 0 radical (unpaired) electrons. The average molecular weight is 395 g/mol. The number of aryl methyl sites for hydroxylation is 1. The minimum Gasteiger partial charge on any atom is -0.497 e. The zero-order valence-corrected chi connectivity index (χ0v) is 17.1. The van der Waals surface area contributed by atoms with E-state index in [4.69, 9.17) is 19.6 Å². The van der Waals surface area contributed by atoms with Gasteiger partial charge in [0.25, 0.3) is 0 Å². The lowest BCUT2D eigenvalue weighted by Gasteiger charge is -2.07. The molecule has 5 aromatic rings. The summed E-state index contributed by atoms with van der Waals surface area (Å²) in [6, 6.07) is 22.2. The standard InChI is InChI=1S/C25H21N3O2/c1-16-7-12-23-21(13-16)25-22(15-26-23)24(17-5-4-6-20(14-17)30-3)27-28(25)18-8-10-19(29-2)11-9-18/h4-15H,1-3H3. The number of benzene rings is 3. The maximum absolute atomic E-state index is 5.43. The molecule has 5 rings (SSSR count). The Hall–Kier alpha value is -3.86. The molecule has 2 aromatic heterocycles. The minimum atomic E-state index is 0.796. The smallest absolute Gasteiger partial charge is 0.119 e. The quantitative estimate of drug-likeness (QED) is 0.399. The van der Waals surface area contributed by atoms with E-state index in [1.807, 2.05) is 59.4 Å². The molecule has 0 aliphatic heterocycles. The topological polar surface area (TPSA) is 49.2 Å². The average Bonchev–Trinajstić information content (AvgIpc) is 3.19. The molecule has 148 valence electrons. The van der Waals surface area contributed by atoms with E-state index in [2.05, 4.69) is 25.1 Å². The molecule has 0 saturated heterocycles. The van der Waals surface area contributed by atoms with Crippen molar-refractivity contribution < 1.29 is 9.47 Å². The van der Waals surface area contributed by atoms with Crippen LogP contribution in [0.1, 0.15) is 5.56 Å². The van der Waals surface area contributed by atoms with E-state index in [-0.39, 0.29) is 0 Å². The summed E-state index contributed by atoms with van der Waals surface area (Å²) >= 11 is 0. The van der Waals surface area contributed by atoms with Crippen molar-refractivity contribution in [3.63, 3.8) is 0 Å². The normalized spacial score (nSPS) is 11.2. The van der Waals surface area contributed by atoms with E-state index in [1.54, 1.807) is 14.2 Å². The number of hydrogen-bond acceptors (Lipinski definition) is 4. The fourth-order valence-electron chi connectivity index (χ4n) is 3.79. The number of hydrogen-bond donors (Lipinski definition) is 0. The second kappa shape index (κ2) is 7.19. The van der Waals surface area contributed by atoms with Crippen molar-refractivity contribution >= 4 is 21.8 Å². The first-order chi connectivity index (χ1) is 14.7. The van der Waals surface area contributed by atoms with Crippen molar-refractivity contribution in [2.75, 3.05) is 14.2 Å². The highest BCUT2D eigenvalue weighted by atomic mass is 16.5. The third kappa shape index (κ3) is 2.95. The van der Waals surface area contributed by atoms with Crippen LogP contribution in [0.15, 0.2) is 72.9 Å². The van der Waals surface area contributed by atoms with Gasteiger partial charge in [-0.25, -0.2) is 4.68 Å². The monoisotopic (exact) mass is 395 g/mol. The minimum absolute atomic E-state index is 0.796. The summed E-state index contributed by atoms with van der Waals surface area (Å²) in [5.41, 5.74) is 5.98. The van der Waals surface area contributed by atoms with Crippen molar-refractivity contribution in [3.8, 4) is 28.4 Å². The van der Waals surface area contributed by atoms with Crippen LogP contribution in [0.25, 0.3) is 38.8 Å². The van der Waals surface area contributed by atoms with Gasteiger partial charge in [0.2, 0.25) is 0 Å². The van der Waals surface area contributed by atoms with E-state index in [9.17, 15) is 0 Å². The van der Waals surface area contributed by atoms with Gasteiger partial charge in [-0.1, -0.05) is 23.8 Å². The Balaban J connectivity index is 1.85. The summed E-state index contributed by atoms with van der Waals surface area (Å²) in [6.07, 6.45) is 1.91. The molecule has 0 aliphatic rings. The van der Waals surface area contributed by atoms with E-state index in [0.29, 0.717) is 0 Å². The molecule has 5 heteroatoms. The predicted molar refractivity (Wildman–Crippen MR) is 120 cm³/mol. The first-order valence-electron chi connectivity index (χ1n) is 9.75. The molecule has 0 saturated carbocycles. The van der Waals surface area contributed by atoms with E-state index < -0.39 is 0 Å². The van der Waals surface area contributed by atoms with E-state index in [1.165, 1.54) is 5.56 Å². The summed E-state index contributed by atoms with van der Waals surface area (Å²) in [4.78, 5) is 4.71. The third-order valence-electron chi connectivity index (χ3n) is 5.32. The van der Waals surface area contributed by atoms with Gasteiger partial charge < -0.3 is 9.47 Å². The molecular formula is C25H21N3O2. The molecule has 3 aromatic carbocycles. The number of fused-ring (bicyclic) bond motifs is 3. The van der Waals surface area contributed by atoms with Crippen LogP contribution in [0.5, 0.6) is 11.5 Å². The summed E-state index contributed by atoms with van der Waals surface area (Å²) in [5.74, 6) is 1.61. The van der Waals surface area contributed by atoms with Gasteiger partial charge in [-0.2, -0.15) is 5.10 Å². The highest BCUT2D eigenvalue weighted by Gasteiger charge is 2.17. The lowest BCUT2D eigenvalue weighted by molar-refractivity contribution is 0.414. The number of aromatic nitrogens is 3. The summed E-state index contributed by atoms with van der Waals surface area (Å²) in [5, 5.41) is 7.09. The third-order valence-corrected chi connectivity index (χ3v) is 5.32. The first kappa shape index (κ1) is 18.2. The first-order valence-corrected chi connectivity index (χ1v) is 9.75. The van der Waals surface area contributed by atoms with Gasteiger partial charge in [0, 0.05) is 22.5 Å². The van der Waals surface area contributed by atoms with Crippen LogP contribution in [0.4, 0.5) is 0 Å². The highest BCUT2D eigenvalue weighted by molar-refractivity contribution is 6.09. The Morgan fingerprint density at radius 2 is 1.60 bits per heavy atom. The largest absolute Gasteiger partial charge is 0.497 e. The molecule has 0 unspecified atom stereocenters. The lowest BCUT2D eigenvalue weighted by Crippen LogP contribution is -1.97. The summed E-state index contributed by atoms with van der Waals surface area (Å²) < 4.78 is 12.7. The van der Waals surface area contributed by atoms with Crippen molar-refractivity contribution in [3.05, 3.63) is 78.5 Å². The molecule has 0 amide bonds. The van der Waals surface area contributed by atoms with Gasteiger partial charge in [0.05, 0.1) is 30.9 Å². The van der Waals surface area contributed by atoms with Gasteiger partial charge >= 0.3 is 0 Å². The van der Waals surface area contributed by atoms with Crippen LogP contribution in [-0.4, -0.2) is 29.0 Å². The van der Waals surface area contributed by atoms with Crippen LogP contribution in [-0.2, 0) is 0 Å². The Labute approximate surface area is 174 Å². The molecular weight excluding hydrogens is 374 g/mol. The van der Waals surface area contributed by atoms with Gasteiger partial charge in [-0.3, -0.25) is 4.98 Å². The molecule has 5 nitrogen and oxygen atoms in total. The molecule has 0 bridgehead atoms. The Kier molecular flexibility index (Phi) is 4.36. The SMILES string of the molecule is COc1ccc(-n2nc(-c3cccc(OC)c3)c3cnc4ccc(C)cc4c32)cc1. The summed E-state index contributed by atoms with van der Waals surface area (Å²) in [6.45, 7) is 2.09. The second-order valence-electron chi connectivity index (χ2n) is 7.23. The Morgan fingerprint density at radius 3 is 2.37 bits per heavy atom. The van der Waals surface area contributed by atoms with Crippen molar-refractivity contribution in [2.24, 2.45) is 0 Å². The fourth-order valence-corrected chi connectivity index (χ4v) is 3.79. The van der Waals surface area contributed by atoms with Crippen molar-refractivity contribution in [1.29, 1.82) is 0 Å². The molecule has 0 aliphatic carbocycles. The molecule has 30 heavy (non-hydrogen) atoms. The Bertz CT molecular complexity index is 1370. The number of ether oxygens (including phenoxy) is 2. The van der Waals surface area contributed by atoms with E-state index >= 15 is 0 Å². The van der Waals surface area contributed by atoms with Crippen LogP contribution < -0.4 is 9.47 Å². The number of nitrogens with zero attached hydrogens (tertiary/aromatic N) is 3. The zero-order valence-electron chi connectivity index (χ0n) is 17.1. The van der Waals surface area contributed by atoms with Crippen molar-refractivity contribution in [1.82, 2.24) is 14.8 Å². The van der Waals surface area contributed by atoms with Crippen LogP contribution >= 0.6 is 0 Å². The predicted octanol–water partition coefficient (Wildman–Crippen LogP) is 5.57. The van der Waals surface area contributed by atoms with Gasteiger partial charge in [0.15, 0.2) is 0 Å². The lowest BCUT2D eigenvalue weighted by atomic mass is 10.1. The van der Waals surface area contributed by atoms with Gasteiger partial charge in [-0.15, -0.1) is 0 Å². The van der Waals surface area contributed by atoms with Crippen LogP contribution in [0.3, 0.4) is 0 Å². The zero-order chi connectivity index (χ0) is 20.7. The number of methoxy groups -OCH3 is 2. The van der Waals surface area contributed by atoms with Crippen LogP contribution in [0.2, 0.25) is 0 Å². The van der Waals surface area contributed by atoms with Gasteiger partial charge in [0.1, 0.15) is 17.2 Å². The number of rotatable bonds is 4. The van der Waals surface area contributed by atoms with Crippen LogP contribution in [0, 0.1) is 6.92 Å². The molecule has 2 heterocycles.